The third-order valence-electron chi connectivity index (χ3n) is 5.32. The van der Waals surface area contributed by atoms with Crippen LogP contribution in [0.2, 0.25) is 0 Å². The van der Waals surface area contributed by atoms with Crippen LogP contribution in [0.1, 0.15) is 23.1 Å². The zero-order chi connectivity index (χ0) is 19.5. The number of benzene rings is 2. The van der Waals surface area contributed by atoms with E-state index in [9.17, 15) is 4.79 Å². The summed E-state index contributed by atoms with van der Waals surface area (Å²) in [6, 6.07) is 16.2. The number of thioether (sulfide) groups is 1. The highest BCUT2D eigenvalue weighted by Gasteiger charge is 2.24. The fourth-order valence-electron chi connectivity index (χ4n) is 3.74. The number of imidazole rings is 1. The summed E-state index contributed by atoms with van der Waals surface area (Å²) in [6.07, 6.45) is 0. The van der Waals surface area contributed by atoms with Crippen LogP contribution in [0.5, 0.6) is 0 Å². The van der Waals surface area contributed by atoms with Crippen molar-refractivity contribution in [2.45, 2.75) is 18.4 Å². The predicted octanol–water partition coefficient (Wildman–Crippen LogP) is 3.64. The lowest BCUT2D eigenvalue weighted by molar-refractivity contribution is 0.0621. The van der Waals surface area contributed by atoms with Crippen LogP contribution in [0.25, 0.3) is 11.0 Å². The van der Waals surface area contributed by atoms with Crippen LogP contribution in [0.4, 0.5) is 0 Å². The molecule has 1 aromatic heterocycles. The maximum atomic E-state index is 13.0. The summed E-state index contributed by atoms with van der Waals surface area (Å²) < 4.78 is 2.17. The Balaban J connectivity index is 1.40. The van der Waals surface area contributed by atoms with E-state index in [4.69, 9.17) is 4.98 Å². The minimum absolute atomic E-state index is 0.152. The Morgan fingerprint density at radius 2 is 1.75 bits per heavy atom. The third-order valence-corrected chi connectivity index (χ3v) is 6.28. The van der Waals surface area contributed by atoms with E-state index >= 15 is 0 Å². The fourth-order valence-corrected chi connectivity index (χ4v) is 4.54. The average Bonchev–Trinajstić information content (AvgIpc) is 3.04. The van der Waals surface area contributed by atoms with Crippen molar-refractivity contribution < 1.29 is 4.79 Å². The van der Waals surface area contributed by atoms with Gasteiger partial charge in [0.05, 0.1) is 23.1 Å². The lowest BCUT2D eigenvalue weighted by Gasteiger charge is -2.34. The smallest absolute Gasteiger partial charge is 0.255 e. The van der Waals surface area contributed by atoms with Gasteiger partial charge in [0, 0.05) is 38.1 Å². The van der Waals surface area contributed by atoms with Gasteiger partial charge in [-0.2, -0.15) is 0 Å². The van der Waals surface area contributed by atoms with Gasteiger partial charge >= 0.3 is 0 Å². The molecule has 1 fully saturated rings. The van der Waals surface area contributed by atoms with Crippen LogP contribution >= 0.6 is 11.8 Å². The lowest BCUT2D eigenvalue weighted by atomic mass is 10.2. The quantitative estimate of drug-likeness (QED) is 0.620. The Hall–Kier alpha value is -2.31. The monoisotopic (exact) mass is 394 g/mol. The fraction of sp³-hybridized carbons (Fsp3) is 0.364. The molecule has 2 aromatic carbocycles. The molecule has 1 saturated heterocycles. The van der Waals surface area contributed by atoms with Gasteiger partial charge in [-0.15, -0.1) is 11.8 Å². The molecule has 0 radical (unpaired) electrons. The number of rotatable bonds is 5. The van der Waals surface area contributed by atoms with E-state index in [1.54, 1.807) is 11.8 Å². The largest absolute Gasteiger partial charge is 0.336 e. The van der Waals surface area contributed by atoms with E-state index in [1.807, 2.05) is 41.3 Å². The van der Waals surface area contributed by atoms with Gasteiger partial charge in [0.25, 0.3) is 5.91 Å². The van der Waals surface area contributed by atoms with Crippen molar-refractivity contribution in [3.8, 4) is 0 Å². The van der Waals surface area contributed by atoms with E-state index in [2.05, 4.69) is 35.6 Å². The van der Waals surface area contributed by atoms with Gasteiger partial charge in [-0.3, -0.25) is 9.69 Å². The number of piperazine rings is 1. The molecule has 0 spiro atoms. The first-order valence-electron chi connectivity index (χ1n) is 9.81. The second-order valence-electron chi connectivity index (χ2n) is 7.07. The molecule has 2 heterocycles. The third kappa shape index (κ3) is 3.80. The van der Waals surface area contributed by atoms with Gasteiger partial charge in [-0.25, -0.2) is 4.98 Å². The van der Waals surface area contributed by atoms with Crippen LogP contribution in [-0.2, 0) is 13.6 Å². The summed E-state index contributed by atoms with van der Waals surface area (Å²) in [4.78, 5) is 23.2. The van der Waals surface area contributed by atoms with Crippen molar-refractivity contribution >= 4 is 28.7 Å². The molecule has 5 nitrogen and oxygen atoms in total. The zero-order valence-electron chi connectivity index (χ0n) is 16.5. The van der Waals surface area contributed by atoms with E-state index < -0.39 is 0 Å². The zero-order valence-corrected chi connectivity index (χ0v) is 17.3. The summed E-state index contributed by atoms with van der Waals surface area (Å²) in [5.74, 6) is 2.19. The molecule has 1 aliphatic heterocycles. The lowest BCUT2D eigenvalue weighted by Crippen LogP contribution is -2.48. The topological polar surface area (TPSA) is 41.4 Å². The highest BCUT2D eigenvalue weighted by atomic mass is 32.2. The number of para-hydroxylation sites is 2. The SMILES string of the molecule is CCSc1ccccc1C(=O)N1CCN(Cc2nc3ccccc3n2C)CC1. The molecule has 6 heteroatoms. The summed E-state index contributed by atoms with van der Waals surface area (Å²) in [5.41, 5.74) is 3.04. The molecule has 1 aliphatic rings. The molecule has 0 saturated carbocycles. The Bertz CT molecular complexity index is 976. The van der Waals surface area contributed by atoms with E-state index in [0.717, 1.165) is 65.8 Å². The molecule has 1 amide bonds. The normalized spacial score (nSPS) is 15.3. The average molecular weight is 395 g/mol. The van der Waals surface area contributed by atoms with Crippen molar-refractivity contribution in [1.29, 1.82) is 0 Å². The first kappa shape index (κ1) is 19.0. The molecular weight excluding hydrogens is 368 g/mol. The summed E-state index contributed by atoms with van der Waals surface area (Å²) >= 11 is 1.73. The van der Waals surface area contributed by atoms with Crippen molar-refractivity contribution in [3.63, 3.8) is 0 Å². The second kappa shape index (κ2) is 8.37. The highest BCUT2D eigenvalue weighted by molar-refractivity contribution is 7.99. The number of fused-ring (bicyclic) bond motifs is 1. The number of hydrogen-bond acceptors (Lipinski definition) is 4. The summed E-state index contributed by atoms with van der Waals surface area (Å²) in [5, 5.41) is 0. The Morgan fingerprint density at radius 1 is 1.04 bits per heavy atom. The molecule has 146 valence electrons. The van der Waals surface area contributed by atoms with E-state index in [1.165, 1.54) is 0 Å². The minimum atomic E-state index is 0.152. The predicted molar refractivity (Wildman–Crippen MR) is 115 cm³/mol. The summed E-state index contributed by atoms with van der Waals surface area (Å²) in [6.45, 7) is 6.19. The van der Waals surface area contributed by atoms with Crippen LogP contribution in [0.15, 0.2) is 53.4 Å². The number of carbonyl (C=O) groups is 1. The van der Waals surface area contributed by atoms with Crippen LogP contribution < -0.4 is 0 Å². The molecule has 0 aliphatic carbocycles. The molecule has 0 N–H and O–H groups in total. The Kier molecular flexibility index (Phi) is 5.69. The van der Waals surface area contributed by atoms with E-state index in [-0.39, 0.29) is 5.91 Å². The maximum absolute atomic E-state index is 13.0. The van der Waals surface area contributed by atoms with Gasteiger partial charge < -0.3 is 9.47 Å². The molecule has 0 atom stereocenters. The first-order chi connectivity index (χ1) is 13.7. The van der Waals surface area contributed by atoms with E-state index in [0.29, 0.717) is 0 Å². The Labute approximate surface area is 170 Å². The van der Waals surface area contributed by atoms with Crippen molar-refractivity contribution in [3.05, 3.63) is 59.9 Å². The van der Waals surface area contributed by atoms with Crippen molar-refractivity contribution in [1.82, 2.24) is 19.4 Å². The van der Waals surface area contributed by atoms with Crippen molar-refractivity contribution in [2.75, 3.05) is 31.9 Å². The number of aryl methyl sites for hydroxylation is 1. The van der Waals surface area contributed by atoms with Crippen LogP contribution in [0, 0.1) is 0 Å². The minimum Gasteiger partial charge on any atom is -0.336 e. The molecule has 28 heavy (non-hydrogen) atoms. The summed E-state index contributed by atoms with van der Waals surface area (Å²) in [7, 11) is 2.08. The van der Waals surface area contributed by atoms with Gasteiger partial charge in [0.1, 0.15) is 5.82 Å². The van der Waals surface area contributed by atoms with Crippen LogP contribution in [-0.4, -0.2) is 57.2 Å². The number of nitrogens with zero attached hydrogens (tertiary/aromatic N) is 4. The standard InChI is InChI=1S/C22H26N4OS/c1-3-28-20-11-7-4-8-17(20)22(27)26-14-12-25(13-15-26)16-21-23-18-9-5-6-10-19(18)24(21)2/h4-11H,3,12-16H2,1-2H3. The van der Waals surface area contributed by atoms with Gasteiger partial charge in [-0.1, -0.05) is 31.2 Å². The molecule has 3 aromatic rings. The second-order valence-corrected chi connectivity index (χ2v) is 8.38. The Morgan fingerprint density at radius 3 is 2.50 bits per heavy atom. The van der Waals surface area contributed by atoms with Gasteiger partial charge in [0.15, 0.2) is 0 Å². The van der Waals surface area contributed by atoms with Crippen molar-refractivity contribution in [2.24, 2.45) is 7.05 Å². The highest BCUT2D eigenvalue weighted by Crippen LogP contribution is 2.24. The number of carbonyl (C=O) groups excluding carboxylic acids is 1. The molecular formula is C22H26N4OS. The number of amides is 1. The van der Waals surface area contributed by atoms with Gasteiger partial charge in [-0.05, 0) is 30.0 Å². The molecule has 0 unspecified atom stereocenters. The molecule has 4 rings (SSSR count). The van der Waals surface area contributed by atoms with Gasteiger partial charge in [0.2, 0.25) is 0 Å². The first-order valence-corrected chi connectivity index (χ1v) is 10.8. The van der Waals surface area contributed by atoms with Crippen LogP contribution in [0.3, 0.4) is 0 Å². The number of aromatic nitrogens is 2. The maximum Gasteiger partial charge on any atom is 0.255 e. The number of hydrogen-bond donors (Lipinski definition) is 0. The molecule has 0 bridgehead atoms.